The average molecular weight is 121 g/mol. The maximum absolute atomic E-state index is 3.81. The average Bonchev–Trinajstić information content (AvgIpc) is 1.88. The van der Waals surface area contributed by atoms with Crippen molar-refractivity contribution < 1.29 is 0 Å². The molecular weight excluding hydrogens is 110 g/mol. The largest absolute Gasteiger partial charge is 0.296 e. The van der Waals surface area contributed by atoms with Crippen molar-refractivity contribution in [3.05, 3.63) is 37.0 Å². The lowest BCUT2D eigenvalue weighted by atomic mass is 10.3. The van der Waals surface area contributed by atoms with Crippen LogP contribution in [0.15, 0.2) is 42.0 Å². The molecule has 48 valence electrons. The zero-order chi connectivity index (χ0) is 7.11. The topological polar surface area (TPSA) is 12.4 Å². The predicted molar refractivity (Wildman–Crippen MR) is 42.9 cm³/mol. The molecule has 0 aliphatic carbocycles. The number of nitrogens with zero attached hydrogens (tertiary/aromatic N) is 1. The summed E-state index contributed by atoms with van der Waals surface area (Å²) in [7, 11) is 1.72. The van der Waals surface area contributed by atoms with Gasteiger partial charge in [-0.05, 0) is 5.57 Å². The molecule has 0 bridgehead atoms. The SMILES string of the molecule is C=C/C=C(\C=C)C=NC. The summed E-state index contributed by atoms with van der Waals surface area (Å²) in [5.74, 6) is 0. The van der Waals surface area contributed by atoms with Crippen LogP contribution in [0, 0.1) is 0 Å². The van der Waals surface area contributed by atoms with E-state index in [1.54, 1.807) is 25.4 Å². The first-order chi connectivity index (χ1) is 4.35. The second-order valence-electron chi connectivity index (χ2n) is 1.49. The van der Waals surface area contributed by atoms with Crippen LogP contribution in [0.25, 0.3) is 0 Å². The van der Waals surface area contributed by atoms with E-state index in [1.165, 1.54) is 0 Å². The van der Waals surface area contributed by atoms with Crippen LogP contribution in [0.4, 0.5) is 0 Å². The number of aliphatic imine (C=N–C) groups is 1. The van der Waals surface area contributed by atoms with Crippen molar-refractivity contribution in [2.75, 3.05) is 7.05 Å². The second kappa shape index (κ2) is 5.04. The zero-order valence-electron chi connectivity index (χ0n) is 5.67. The van der Waals surface area contributed by atoms with Crippen LogP contribution in [0.2, 0.25) is 0 Å². The van der Waals surface area contributed by atoms with E-state index in [-0.39, 0.29) is 0 Å². The molecule has 9 heavy (non-hydrogen) atoms. The minimum atomic E-state index is 0.979. The molecule has 0 fully saturated rings. The predicted octanol–water partition coefficient (Wildman–Crippen LogP) is 1.99. The number of hydrogen-bond donors (Lipinski definition) is 0. The summed E-state index contributed by atoms with van der Waals surface area (Å²) in [5, 5.41) is 0. The Kier molecular flexibility index (Phi) is 4.41. The lowest BCUT2D eigenvalue weighted by Crippen LogP contribution is -1.75. The van der Waals surface area contributed by atoms with Crippen LogP contribution in [-0.2, 0) is 0 Å². The fourth-order valence-corrected chi connectivity index (χ4v) is 0.449. The van der Waals surface area contributed by atoms with Gasteiger partial charge in [-0.25, -0.2) is 0 Å². The molecule has 0 amide bonds. The molecule has 0 radical (unpaired) electrons. The maximum atomic E-state index is 3.81. The lowest BCUT2D eigenvalue weighted by Gasteiger charge is -1.84. The lowest BCUT2D eigenvalue weighted by molar-refractivity contribution is 1.47. The highest BCUT2D eigenvalue weighted by atomic mass is 14.6. The minimum Gasteiger partial charge on any atom is -0.296 e. The highest BCUT2D eigenvalue weighted by molar-refractivity contribution is 5.82. The van der Waals surface area contributed by atoms with E-state index >= 15 is 0 Å². The molecule has 0 aromatic carbocycles. The molecule has 0 aliphatic rings. The molecule has 0 N–H and O–H groups in total. The quantitative estimate of drug-likeness (QED) is 0.400. The van der Waals surface area contributed by atoms with E-state index in [1.807, 2.05) is 6.08 Å². The molecule has 0 saturated carbocycles. The summed E-state index contributed by atoms with van der Waals surface area (Å²) in [6, 6.07) is 0. The molecule has 0 aromatic rings. The third-order valence-electron chi connectivity index (χ3n) is 0.824. The molecule has 1 nitrogen and oxygen atoms in total. The van der Waals surface area contributed by atoms with Crippen LogP contribution in [-0.4, -0.2) is 13.3 Å². The summed E-state index contributed by atoms with van der Waals surface area (Å²) in [6.45, 7) is 7.14. The second-order valence-corrected chi connectivity index (χ2v) is 1.49. The smallest absolute Gasteiger partial charge is 0.0281 e. The van der Waals surface area contributed by atoms with Gasteiger partial charge in [0.2, 0.25) is 0 Å². The highest BCUT2D eigenvalue weighted by Gasteiger charge is 1.77. The Labute approximate surface area is 56.1 Å². The molecule has 1 heteroatoms. The Morgan fingerprint density at radius 1 is 1.44 bits per heavy atom. The molecular formula is C8H11N. The van der Waals surface area contributed by atoms with Gasteiger partial charge in [0.1, 0.15) is 0 Å². The summed E-state index contributed by atoms with van der Waals surface area (Å²) >= 11 is 0. The molecule has 0 heterocycles. The van der Waals surface area contributed by atoms with E-state index < -0.39 is 0 Å². The summed E-state index contributed by atoms with van der Waals surface area (Å²) in [4.78, 5) is 3.81. The molecule has 0 saturated heterocycles. The van der Waals surface area contributed by atoms with Gasteiger partial charge in [0.05, 0.1) is 0 Å². The maximum Gasteiger partial charge on any atom is 0.0281 e. The van der Waals surface area contributed by atoms with E-state index in [0.29, 0.717) is 0 Å². The van der Waals surface area contributed by atoms with Gasteiger partial charge < -0.3 is 0 Å². The monoisotopic (exact) mass is 121 g/mol. The van der Waals surface area contributed by atoms with Gasteiger partial charge in [-0.3, -0.25) is 4.99 Å². The third kappa shape index (κ3) is 3.47. The number of allylic oxidation sites excluding steroid dienone is 4. The fraction of sp³-hybridized carbons (Fsp3) is 0.125. The van der Waals surface area contributed by atoms with Crippen molar-refractivity contribution in [2.24, 2.45) is 4.99 Å². The van der Waals surface area contributed by atoms with Crippen LogP contribution < -0.4 is 0 Å². The van der Waals surface area contributed by atoms with Crippen molar-refractivity contribution in [1.29, 1.82) is 0 Å². The number of rotatable bonds is 3. The van der Waals surface area contributed by atoms with Crippen molar-refractivity contribution >= 4 is 6.21 Å². The van der Waals surface area contributed by atoms with E-state index in [0.717, 1.165) is 5.57 Å². The van der Waals surface area contributed by atoms with E-state index in [9.17, 15) is 0 Å². The molecule has 0 unspecified atom stereocenters. The summed E-state index contributed by atoms with van der Waals surface area (Å²) in [6.07, 6.45) is 7.02. The van der Waals surface area contributed by atoms with E-state index in [2.05, 4.69) is 18.2 Å². The highest BCUT2D eigenvalue weighted by Crippen LogP contribution is 1.90. The van der Waals surface area contributed by atoms with Crippen molar-refractivity contribution in [1.82, 2.24) is 0 Å². The Bertz CT molecular complexity index is 152. The van der Waals surface area contributed by atoms with Gasteiger partial charge in [-0.1, -0.05) is 31.4 Å². The molecule has 0 aromatic heterocycles. The molecule has 0 spiro atoms. The first kappa shape index (κ1) is 7.89. The first-order valence-corrected chi connectivity index (χ1v) is 2.72. The first-order valence-electron chi connectivity index (χ1n) is 2.72. The van der Waals surface area contributed by atoms with Gasteiger partial charge in [-0.15, -0.1) is 0 Å². The summed E-state index contributed by atoms with van der Waals surface area (Å²) in [5.41, 5.74) is 0.979. The summed E-state index contributed by atoms with van der Waals surface area (Å²) < 4.78 is 0. The van der Waals surface area contributed by atoms with E-state index in [4.69, 9.17) is 0 Å². The Morgan fingerprint density at radius 3 is 2.44 bits per heavy atom. The van der Waals surface area contributed by atoms with Crippen LogP contribution in [0.5, 0.6) is 0 Å². The van der Waals surface area contributed by atoms with Crippen molar-refractivity contribution in [3.63, 3.8) is 0 Å². The zero-order valence-corrected chi connectivity index (χ0v) is 5.67. The van der Waals surface area contributed by atoms with Crippen LogP contribution >= 0.6 is 0 Å². The normalized spacial score (nSPS) is 11.9. The molecule has 0 atom stereocenters. The van der Waals surface area contributed by atoms with Gasteiger partial charge in [0.25, 0.3) is 0 Å². The van der Waals surface area contributed by atoms with Crippen molar-refractivity contribution in [3.8, 4) is 0 Å². The van der Waals surface area contributed by atoms with Gasteiger partial charge in [0.15, 0.2) is 0 Å². The minimum absolute atomic E-state index is 0.979. The Hall–Kier alpha value is -1.11. The van der Waals surface area contributed by atoms with Gasteiger partial charge in [0, 0.05) is 13.3 Å². The Balaban J connectivity index is 4.13. The standard InChI is InChI=1S/C8H11N/c1-4-6-8(5-2)7-9-3/h4-7H,1-2H2,3H3/b8-6+,9-7?. The van der Waals surface area contributed by atoms with Crippen LogP contribution in [0.1, 0.15) is 0 Å². The van der Waals surface area contributed by atoms with Crippen molar-refractivity contribution in [2.45, 2.75) is 0 Å². The van der Waals surface area contributed by atoms with Crippen LogP contribution in [0.3, 0.4) is 0 Å². The number of hydrogen-bond acceptors (Lipinski definition) is 1. The van der Waals surface area contributed by atoms with Gasteiger partial charge >= 0.3 is 0 Å². The molecule has 0 rings (SSSR count). The van der Waals surface area contributed by atoms with Gasteiger partial charge in [-0.2, -0.15) is 0 Å². The fourth-order valence-electron chi connectivity index (χ4n) is 0.449. The molecule has 0 aliphatic heterocycles. The Morgan fingerprint density at radius 2 is 2.11 bits per heavy atom. The third-order valence-corrected chi connectivity index (χ3v) is 0.824.